The van der Waals surface area contributed by atoms with E-state index < -0.39 is 16.1 Å². The Hall–Kier alpha value is -1.71. The van der Waals surface area contributed by atoms with E-state index in [9.17, 15) is 13.2 Å². The van der Waals surface area contributed by atoms with E-state index in [0.29, 0.717) is 26.0 Å². The molecule has 0 saturated carbocycles. The summed E-state index contributed by atoms with van der Waals surface area (Å²) in [6, 6.07) is 8.35. The molecule has 4 atom stereocenters. The average Bonchev–Trinajstić information content (AvgIpc) is 2.86. The topological polar surface area (TPSA) is 79.8 Å². The van der Waals surface area contributed by atoms with Gasteiger partial charge in [0.1, 0.15) is 6.04 Å². The van der Waals surface area contributed by atoms with Gasteiger partial charge in [-0.3, -0.25) is 9.78 Å². The quantitative estimate of drug-likeness (QED) is 0.581. The largest absolute Gasteiger partial charge is 0.384 e. The molecule has 1 aromatic heterocycles. The van der Waals surface area contributed by atoms with Crippen LogP contribution in [0.15, 0.2) is 47.5 Å². The Morgan fingerprint density at radius 3 is 2.55 bits per heavy atom. The number of carbonyl (C=O) groups is 1. The SMILES string of the molecule is COC[C@H]1CN(C(C)c2ccccn2)C(=O)[C@@H]2CCC[C@H]1N2S(=O)(=O)c1cc(Cl)cc(Cl)c1. The van der Waals surface area contributed by atoms with Gasteiger partial charge in [0.05, 0.1) is 23.2 Å². The molecule has 2 fully saturated rings. The van der Waals surface area contributed by atoms with Gasteiger partial charge in [0.15, 0.2) is 0 Å². The minimum atomic E-state index is -4.04. The summed E-state index contributed by atoms with van der Waals surface area (Å²) in [4.78, 5) is 20.0. The van der Waals surface area contributed by atoms with Crippen molar-refractivity contribution in [2.75, 3.05) is 20.3 Å². The number of carbonyl (C=O) groups excluding carboxylic acids is 1. The van der Waals surface area contributed by atoms with Gasteiger partial charge in [-0.1, -0.05) is 29.3 Å². The Kier molecular flexibility index (Phi) is 7.31. The van der Waals surface area contributed by atoms with E-state index in [1.165, 1.54) is 22.5 Å². The second-order valence-corrected chi connectivity index (χ2v) is 11.3. The average molecular weight is 512 g/mol. The zero-order valence-electron chi connectivity index (χ0n) is 18.5. The maximum Gasteiger partial charge on any atom is 0.244 e. The number of fused-ring (bicyclic) bond motifs is 2. The lowest BCUT2D eigenvalue weighted by Gasteiger charge is -2.40. The first-order valence-corrected chi connectivity index (χ1v) is 13.1. The van der Waals surface area contributed by atoms with Crippen LogP contribution >= 0.6 is 23.2 Å². The van der Waals surface area contributed by atoms with E-state index in [0.717, 1.165) is 12.1 Å². The molecule has 3 heterocycles. The molecule has 2 aliphatic rings. The molecular formula is C23H27Cl2N3O4S. The van der Waals surface area contributed by atoms with Gasteiger partial charge in [-0.2, -0.15) is 4.31 Å². The molecule has 2 aromatic rings. The number of pyridine rings is 1. The molecule has 4 rings (SSSR count). The number of nitrogens with zero attached hydrogens (tertiary/aromatic N) is 3. The number of rotatable bonds is 6. The van der Waals surface area contributed by atoms with E-state index in [1.54, 1.807) is 18.2 Å². The Labute approximate surface area is 204 Å². The summed E-state index contributed by atoms with van der Waals surface area (Å²) in [5, 5.41) is 0.456. The molecule has 178 valence electrons. The van der Waals surface area contributed by atoms with Crippen molar-refractivity contribution in [2.24, 2.45) is 5.92 Å². The van der Waals surface area contributed by atoms with Crippen LogP contribution in [0.5, 0.6) is 0 Å². The van der Waals surface area contributed by atoms with Gasteiger partial charge in [0.2, 0.25) is 15.9 Å². The van der Waals surface area contributed by atoms with Crippen LogP contribution in [-0.4, -0.2) is 60.9 Å². The first kappa shape index (κ1) is 24.4. The molecule has 7 nitrogen and oxygen atoms in total. The summed E-state index contributed by atoms with van der Waals surface area (Å²) < 4.78 is 34.7. The third-order valence-electron chi connectivity index (χ3n) is 6.53. The molecule has 33 heavy (non-hydrogen) atoms. The summed E-state index contributed by atoms with van der Waals surface area (Å²) in [5.41, 5.74) is 0.759. The van der Waals surface area contributed by atoms with Gasteiger partial charge in [-0.25, -0.2) is 8.42 Å². The van der Waals surface area contributed by atoms with Gasteiger partial charge in [0, 0.05) is 41.9 Å². The maximum atomic E-state index is 13.9. The summed E-state index contributed by atoms with van der Waals surface area (Å²) in [6.45, 7) is 2.64. The van der Waals surface area contributed by atoms with Crippen LogP contribution in [0.3, 0.4) is 0 Å². The standard InChI is InChI=1S/C23H27Cl2N3O4S/c1-15(20-6-3-4-9-26-20)27-13-16(14-32-2)21-7-5-8-22(23(27)29)28(21)33(30,31)19-11-17(24)10-18(25)12-19/h3-4,6,9-12,15-16,21-22H,5,7-8,13-14H2,1-2H3/t15?,16-,21-,22+/m1/s1. The number of ether oxygens (including phenoxy) is 1. The van der Waals surface area contributed by atoms with Crippen LogP contribution in [0, 0.1) is 5.92 Å². The fourth-order valence-electron chi connectivity index (χ4n) is 4.99. The lowest BCUT2D eigenvalue weighted by Crippen LogP contribution is -2.55. The zero-order chi connectivity index (χ0) is 23.8. The van der Waals surface area contributed by atoms with Crippen molar-refractivity contribution in [2.45, 2.75) is 49.2 Å². The molecule has 0 N–H and O–H groups in total. The van der Waals surface area contributed by atoms with E-state index in [1.807, 2.05) is 25.1 Å². The number of amides is 1. The number of benzene rings is 1. The van der Waals surface area contributed by atoms with Crippen LogP contribution < -0.4 is 0 Å². The third-order valence-corrected chi connectivity index (χ3v) is 8.88. The van der Waals surface area contributed by atoms with Crippen molar-refractivity contribution in [1.29, 1.82) is 0 Å². The predicted molar refractivity (Wildman–Crippen MR) is 127 cm³/mol. The molecule has 0 radical (unpaired) electrons. The zero-order valence-corrected chi connectivity index (χ0v) is 20.9. The number of halogens is 2. The summed E-state index contributed by atoms with van der Waals surface area (Å²) in [5.74, 6) is -0.409. The second-order valence-electron chi connectivity index (χ2n) is 8.59. The number of methoxy groups -OCH3 is 1. The predicted octanol–water partition coefficient (Wildman–Crippen LogP) is 4.17. The van der Waals surface area contributed by atoms with E-state index in [4.69, 9.17) is 27.9 Å². The lowest BCUT2D eigenvalue weighted by atomic mass is 9.91. The number of hydrogen-bond acceptors (Lipinski definition) is 5. The third kappa shape index (κ3) is 4.77. The molecule has 0 aliphatic carbocycles. The summed E-state index contributed by atoms with van der Waals surface area (Å²) >= 11 is 12.2. The normalized spacial score (nSPS) is 25.0. The maximum absolute atomic E-state index is 13.9. The molecule has 1 amide bonds. The van der Waals surface area contributed by atoms with Gasteiger partial charge < -0.3 is 9.64 Å². The second kappa shape index (κ2) is 9.88. The monoisotopic (exact) mass is 511 g/mol. The molecule has 1 unspecified atom stereocenters. The fraction of sp³-hybridized carbons (Fsp3) is 0.478. The summed E-state index contributed by atoms with van der Waals surface area (Å²) in [6.07, 6.45) is 3.55. The highest BCUT2D eigenvalue weighted by molar-refractivity contribution is 7.89. The van der Waals surface area contributed by atoms with Crippen molar-refractivity contribution in [1.82, 2.24) is 14.2 Å². The number of aromatic nitrogens is 1. The smallest absolute Gasteiger partial charge is 0.244 e. The Balaban J connectivity index is 1.79. The highest BCUT2D eigenvalue weighted by atomic mass is 35.5. The van der Waals surface area contributed by atoms with Crippen LogP contribution in [0.4, 0.5) is 0 Å². The number of sulfonamides is 1. The van der Waals surface area contributed by atoms with Crippen molar-refractivity contribution < 1.29 is 17.9 Å². The molecule has 10 heteroatoms. The highest BCUT2D eigenvalue weighted by Crippen LogP contribution is 2.39. The first-order valence-electron chi connectivity index (χ1n) is 10.9. The van der Waals surface area contributed by atoms with Crippen LogP contribution in [0.2, 0.25) is 10.0 Å². The Morgan fingerprint density at radius 2 is 1.91 bits per heavy atom. The van der Waals surface area contributed by atoms with Crippen molar-refractivity contribution >= 4 is 39.1 Å². The molecule has 0 spiro atoms. The van der Waals surface area contributed by atoms with Crippen molar-refractivity contribution in [3.05, 3.63) is 58.3 Å². The van der Waals surface area contributed by atoms with Crippen molar-refractivity contribution in [3.63, 3.8) is 0 Å². The van der Waals surface area contributed by atoms with Crippen LogP contribution in [0.25, 0.3) is 0 Å². The van der Waals surface area contributed by atoms with Gasteiger partial charge in [-0.05, 0) is 56.5 Å². The van der Waals surface area contributed by atoms with Crippen molar-refractivity contribution in [3.8, 4) is 0 Å². The van der Waals surface area contributed by atoms with Gasteiger partial charge in [0.25, 0.3) is 0 Å². The van der Waals surface area contributed by atoms with Gasteiger partial charge >= 0.3 is 0 Å². The number of hydrogen-bond donors (Lipinski definition) is 0. The molecule has 2 bridgehead atoms. The van der Waals surface area contributed by atoms with E-state index in [-0.39, 0.29) is 38.8 Å². The minimum absolute atomic E-state index is 0.00732. The van der Waals surface area contributed by atoms with E-state index in [2.05, 4.69) is 4.98 Å². The first-order chi connectivity index (χ1) is 15.7. The molecule has 2 saturated heterocycles. The van der Waals surface area contributed by atoms with E-state index >= 15 is 0 Å². The highest BCUT2D eigenvalue weighted by Gasteiger charge is 2.51. The molecular weight excluding hydrogens is 485 g/mol. The minimum Gasteiger partial charge on any atom is -0.384 e. The fourth-order valence-corrected chi connectivity index (χ4v) is 7.61. The molecule has 2 aliphatic heterocycles. The summed E-state index contributed by atoms with van der Waals surface area (Å²) in [7, 11) is -2.45. The van der Waals surface area contributed by atoms with Gasteiger partial charge in [-0.15, -0.1) is 0 Å². The van der Waals surface area contributed by atoms with Crippen LogP contribution in [-0.2, 0) is 19.6 Å². The Bertz CT molecular complexity index is 1100. The number of piperidine rings is 1. The Morgan fingerprint density at radius 1 is 1.18 bits per heavy atom. The molecule has 1 aromatic carbocycles. The lowest BCUT2D eigenvalue weighted by molar-refractivity contribution is -0.137. The van der Waals surface area contributed by atoms with Crippen LogP contribution in [0.1, 0.15) is 37.9 Å².